The summed E-state index contributed by atoms with van der Waals surface area (Å²) in [6.07, 6.45) is 0. The van der Waals surface area contributed by atoms with Crippen LogP contribution < -0.4 is 0 Å². The molecule has 0 spiro atoms. The molecule has 0 bridgehead atoms. The average Bonchev–Trinajstić information content (AvgIpc) is 2.74. The van der Waals surface area contributed by atoms with Gasteiger partial charge < -0.3 is 4.42 Å². The molecule has 0 aromatic carbocycles. The molecule has 15 heavy (non-hydrogen) atoms. The Labute approximate surface area is 108 Å². The average molecular weight is 350 g/mol. The predicted octanol–water partition coefficient (Wildman–Crippen LogP) is 4.41. The molecule has 0 aliphatic rings. The third-order valence-corrected chi connectivity index (χ3v) is 4.44. The molecule has 0 fully saturated rings. The van der Waals surface area contributed by atoms with E-state index in [1.807, 2.05) is 13.0 Å². The number of rotatable bonds is 2. The molecular weight excluding hydrogens is 344 g/mol. The lowest BCUT2D eigenvalue weighted by atomic mass is 10.2. The van der Waals surface area contributed by atoms with Crippen molar-refractivity contribution in [2.75, 3.05) is 0 Å². The van der Waals surface area contributed by atoms with Gasteiger partial charge in [-0.3, -0.25) is 4.79 Å². The molecule has 2 aromatic heterocycles. The minimum atomic E-state index is -0.0838. The van der Waals surface area contributed by atoms with E-state index in [1.54, 1.807) is 12.1 Å². The summed E-state index contributed by atoms with van der Waals surface area (Å²) >= 11 is 7.97. The van der Waals surface area contributed by atoms with Crippen molar-refractivity contribution in [2.45, 2.75) is 6.92 Å². The van der Waals surface area contributed by atoms with Gasteiger partial charge in [0.2, 0.25) is 5.78 Å². The second kappa shape index (κ2) is 4.23. The van der Waals surface area contributed by atoms with Crippen molar-refractivity contribution in [2.24, 2.45) is 0 Å². The number of hydrogen-bond acceptors (Lipinski definition) is 3. The fraction of sp³-hybridized carbons (Fsp3) is 0.100. The van der Waals surface area contributed by atoms with Crippen LogP contribution in [0.4, 0.5) is 0 Å². The van der Waals surface area contributed by atoms with Gasteiger partial charge in [-0.15, -0.1) is 11.3 Å². The smallest absolute Gasteiger partial charge is 0.238 e. The van der Waals surface area contributed by atoms with Crippen LogP contribution in [0, 0.1) is 6.92 Å². The highest BCUT2D eigenvalue weighted by molar-refractivity contribution is 9.11. The lowest BCUT2D eigenvalue weighted by Crippen LogP contribution is -1.95. The number of carbonyl (C=O) groups excluding carboxylic acids is 1. The van der Waals surface area contributed by atoms with E-state index in [-0.39, 0.29) is 5.78 Å². The van der Waals surface area contributed by atoms with E-state index >= 15 is 0 Å². The Kier molecular flexibility index (Phi) is 3.13. The molecule has 0 N–H and O–H groups in total. The van der Waals surface area contributed by atoms with Crippen molar-refractivity contribution in [3.63, 3.8) is 0 Å². The number of hydrogen-bond donors (Lipinski definition) is 0. The Morgan fingerprint density at radius 2 is 2.13 bits per heavy atom. The quantitative estimate of drug-likeness (QED) is 0.752. The highest BCUT2D eigenvalue weighted by Crippen LogP contribution is 2.29. The van der Waals surface area contributed by atoms with Crippen molar-refractivity contribution >= 4 is 49.0 Å². The molecule has 0 aliphatic carbocycles. The molecular formula is C10H6Br2O2S. The van der Waals surface area contributed by atoms with Crippen LogP contribution in [0.3, 0.4) is 0 Å². The molecule has 2 nitrogen and oxygen atoms in total. The summed E-state index contributed by atoms with van der Waals surface area (Å²) in [5.41, 5.74) is 1.06. The molecule has 78 valence electrons. The number of carbonyl (C=O) groups is 1. The van der Waals surface area contributed by atoms with Gasteiger partial charge in [0.25, 0.3) is 0 Å². The van der Waals surface area contributed by atoms with Crippen LogP contribution >= 0.6 is 43.2 Å². The summed E-state index contributed by atoms with van der Waals surface area (Å²) in [5, 5.41) is 0. The van der Waals surface area contributed by atoms with Crippen LogP contribution in [0.25, 0.3) is 0 Å². The van der Waals surface area contributed by atoms with Gasteiger partial charge in [-0.2, -0.15) is 0 Å². The van der Waals surface area contributed by atoms with E-state index in [2.05, 4.69) is 31.9 Å². The van der Waals surface area contributed by atoms with Crippen LogP contribution in [0.1, 0.15) is 21.0 Å². The van der Waals surface area contributed by atoms with Gasteiger partial charge in [-0.25, -0.2) is 0 Å². The third kappa shape index (κ3) is 2.24. The molecule has 0 amide bonds. The van der Waals surface area contributed by atoms with E-state index in [0.717, 1.165) is 9.35 Å². The Hall–Kier alpha value is -0.390. The van der Waals surface area contributed by atoms with Crippen molar-refractivity contribution in [1.82, 2.24) is 0 Å². The number of thiophene rings is 1. The normalized spacial score (nSPS) is 10.6. The first-order chi connectivity index (χ1) is 7.08. The van der Waals surface area contributed by atoms with E-state index in [4.69, 9.17) is 4.42 Å². The SMILES string of the molecule is Cc1cc(C(=O)c2ccc(Br)o2)sc1Br. The van der Waals surface area contributed by atoms with Crippen LogP contribution in [0.5, 0.6) is 0 Å². The molecule has 0 radical (unpaired) electrons. The molecule has 0 saturated heterocycles. The summed E-state index contributed by atoms with van der Waals surface area (Å²) in [4.78, 5) is 12.6. The zero-order valence-electron chi connectivity index (χ0n) is 7.71. The first-order valence-electron chi connectivity index (χ1n) is 4.14. The zero-order valence-corrected chi connectivity index (χ0v) is 11.7. The van der Waals surface area contributed by atoms with Crippen molar-refractivity contribution in [3.05, 3.63) is 42.9 Å². The van der Waals surface area contributed by atoms with E-state index < -0.39 is 0 Å². The third-order valence-electron chi connectivity index (χ3n) is 1.88. The number of furan rings is 1. The zero-order chi connectivity index (χ0) is 11.0. The Balaban J connectivity index is 2.36. The van der Waals surface area contributed by atoms with Gasteiger partial charge >= 0.3 is 0 Å². The Morgan fingerprint density at radius 3 is 2.60 bits per heavy atom. The van der Waals surface area contributed by atoms with E-state index in [1.165, 1.54) is 11.3 Å². The number of halogens is 2. The monoisotopic (exact) mass is 348 g/mol. The summed E-state index contributed by atoms with van der Waals surface area (Å²) < 4.78 is 6.76. The molecule has 0 unspecified atom stereocenters. The Morgan fingerprint density at radius 1 is 1.40 bits per heavy atom. The molecule has 0 aliphatic heterocycles. The molecule has 0 saturated carbocycles. The predicted molar refractivity (Wildman–Crippen MR) is 66.6 cm³/mol. The lowest BCUT2D eigenvalue weighted by molar-refractivity contribution is 0.101. The molecule has 5 heteroatoms. The maximum atomic E-state index is 11.9. The highest BCUT2D eigenvalue weighted by Gasteiger charge is 2.16. The van der Waals surface area contributed by atoms with Gasteiger partial charge in [0.15, 0.2) is 10.4 Å². The molecule has 2 heterocycles. The van der Waals surface area contributed by atoms with Gasteiger partial charge in [-0.1, -0.05) is 0 Å². The van der Waals surface area contributed by atoms with Gasteiger partial charge in [-0.05, 0) is 62.5 Å². The molecule has 2 aromatic rings. The van der Waals surface area contributed by atoms with E-state index in [0.29, 0.717) is 15.3 Å². The molecule has 2 rings (SSSR count). The second-order valence-corrected chi connectivity index (χ2v) is 6.15. The highest BCUT2D eigenvalue weighted by atomic mass is 79.9. The summed E-state index contributed by atoms with van der Waals surface area (Å²) in [5.74, 6) is 0.273. The van der Waals surface area contributed by atoms with Crippen LogP contribution in [0.15, 0.2) is 31.1 Å². The standard InChI is InChI=1S/C10H6Br2O2S/c1-5-4-7(15-10(5)12)9(13)6-2-3-8(11)14-6/h2-4H,1H3. The van der Waals surface area contributed by atoms with Gasteiger partial charge in [0, 0.05) is 0 Å². The second-order valence-electron chi connectivity index (χ2n) is 3.00. The minimum Gasteiger partial charge on any atom is -0.446 e. The van der Waals surface area contributed by atoms with Gasteiger partial charge in [0.05, 0.1) is 8.66 Å². The lowest BCUT2D eigenvalue weighted by Gasteiger charge is -1.90. The number of ketones is 1. The summed E-state index contributed by atoms with van der Waals surface area (Å²) in [7, 11) is 0. The minimum absolute atomic E-state index is 0.0838. The maximum Gasteiger partial charge on any atom is 0.238 e. The van der Waals surface area contributed by atoms with Crippen molar-refractivity contribution in [1.29, 1.82) is 0 Å². The van der Waals surface area contributed by atoms with Crippen molar-refractivity contribution < 1.29 is 9.21 Å². The van der Waals surface area contributed by atoms with Crippen LogP contribution in [-0.4, -0.2) is 5.78 Å². The van der Waals surface area contributed by atoms with E-state index in [9.17, 15) is 4.79 Å². The largest absolute Gasteiger partial charge is 0.446 e. The topological polar surface area (TPSA) is 30.2 Å². The first kappa shape index (κ1) is 11.1. The van der Waals surface area contributed by atoms with Crippen molar-refractivity contribution in [3.8, 4) is 0 Å². The van der Waals surface area contributed by atoms with Crippen LogP contribution in [-0.2, 0) is 0 Å². The maximum absolute atomic E-state index is 11.9. The fourth-order valence-electron chi connectivity index (χ4n) is 1.13. The summed E-state index contributed by atoms with van der Waals surface area (Å²) in [6, 6.07) is 5.23. The van der Waals surface area contributed by atoms with Gasteiger partial charge in [0.1, 0.15) is 0 Å². The Bertz CT molecular complexity index is 494. The van der Waals surface area contributed by atoms with Crippen LogP contribution in [0.2, 0.25) is 0 Å². The number of aryl methyl sites for hydroxylation is 1. The molecule has 0 atom stereocenters. The summed E-state index contributed by atoms with van der Waals surface area (Å²) in [6.45, 7) is 1.95. The first-order valence-corrected chi connectivity index (χ1v) is 6.54. The fourth-order valence-corrected chi connectivity index (χ4v) is 2.92.